The molecule has 6 nitrogen and oxygen atoms in total. The van der Waals surface area contributed by atoms with Gasteiger partial charge in [0.05, 0.1) is 4.90 Å². The third kappa shape index (κ3) is 3.50. The molecule has 1 unspecified atom stereocenters. The molecule has 1 aromatic carbocycles. The van der Waals surface area contributed by atoms with Gasteiger partial charge in [0.1, 0.15) is 11.1 Å². The van der Waals surface area contributed by atoms with Crippen LogP contribution in [-0.2, 0) is 14.6 Å². The summed E-state index contributed by atoms with van der Waals surface area (Å²) in [5.74, 6) is -1.54. The summed E-state index contributed by atoms with van der Waals surface area (Å²) in [5, 5.41) is 2.55. The van der Waals surface area contributed by atoms with Crippen LogP contribution in [0.2, 0.25) is 0 Å². The molecule has 0 heterocycles. The molecule has 0 aliphatic carbocycles. The lowest BCUT2D eigenvalue weighted by Gasteiger charge is -2.12. The molecule has 0 saturated carbocycles. The molecule has 0 aliphatic rings. The Bertz CT molecular complexity index is 583. The first-order chi connectivity index (χ1) is 8.78. The van der Waals surface area contributed by atoms with Crippen molar-refractivity contribution in [3.63, 3.8) is 0 Å². The normalized spacial score (nSPS) is 12.6. The molecule has 3 amide bonds. The molecule has 0 aromatic heterocycles. The van der Waals surface area contributed by atoms with Crippen LogP contribution in [0.5, 0.6) is 0 Å². The number of imide groups is 1. The Labute approximate surface area is 109 Å². The Morgan fingerprint density at radius 2 is 1.74 bits per heavy atom. The van der Waals surface area contributed by atoms with Crippen molar-refractivity contribution in [3.05, 3.63) is 30.1 Å². The van der Waals surface area contributed by atoms with Crippen LogP contribution in [0.25, 0.3) is 0 Å². The summed E-state index contributed by atoms with van der Waals surface area (Å²) in [6.45, 7) is 1.15. The Morgan fingerprint density at radius 1 is 1.21 bits per heavy atom. The highest BCUT2D eigenvalue weighted by Crippen LogP contribution is 2.16. The van der Waals surface area contributed by atoms with Gasteiger partial charge in [-0.2, -0.15) is 0 Å². The third-order valence-electron chi connectivity index (χ3n) is 2.44. The lowest BCUT2D eigenvalue weighted by molar-refractivity contribution is -0.119. The number of sulfone groups is 1. The fourth-order valence-electron chi connectivity index (χ4n) is 1.25. The second-order valence-corrected chi connectivity index (χ2v) is 5.98. The van der Waals surface area contributed by atoms with Crippen LogP contribution < -0.4 is 10.6 Å². The molecule has 0 fully saturated rings. The van der Waals surface area contributed by atoms with Crippen molar-refractivity contribution in [2.75, 3.05) is 7.05 Å². The fraction of sp³-hybridized carbons (Fsp3) is 0.273. The molecule has 104 valence electrons. The molecule has 1 atom stereocenters. The number of benzene rings is 1. The van der Waals surface area contributed by atoms with Crippen molar-refractivity contribution in [2.24, 2.45) is 0 Å². The van der Waals surface area contributed by atoms with E-state index < -0.39 is 32.8 Å². The van der Waals surface area contributed by atoms with Crippen molar-refractivity contribution in [3.8, 4) is 0 Å². The first kappa shape index (κ1) is 15.1. The van der Waals surface area contributed by atoms with Crippen LogP contribution in [-0.4, -0.2) is 32.7 Å². The van der Waals surface area contributed by atoms with Gasteiger partial charge in [0.15, 0.2) is 9.84 Å². The topological polar surface area (TPSA) is 92.3 Å². The Morgan fingerprint density at radius 3 is 2.21 bits per heavy atom. The van der Waals surface area contributed by atoms with E-state index in [9.17, 15) is 22.4 Å². The molecule has 1 rings (SSSR count). The lowest BCUT2D eigenvalue weighted by Crippen LogP contribution is -2.44. The maximum absolute atomic E-state index is 12.7. The summed E-state index contributed by atoms with van der Waals surface area (Å²) in [4.78, 5) is 22.3. The highest BCUT2D eigenvalue weighted by atomic mass is 32.2. The Hall–Kier alpha value is -1.96. The molecular weight excluding hydrogens is 275 g/mol. The third-order valence-corrected chi connectivity index (χ3v) is 4.51. The highest BCUT2D eigenvalue weighted by Gasteiger charge is 2.30. The van der Waals surface area contributed by atoms with E-state index in [0.29, 0.717) is 0 Å². The van der Waals surface area contributed by atoms with Gasteiger partial charge < -0.3 is 5.32 Å². The van der Waals surface area contributed by atoms with E-state index in [1.807, 2.05) is 5.32 Å². The Kier molecular flexibility index (Phi) is 4.60. The van der Waals surface area contributed by atoms with Gasteiger partial charge >= 0.3 is 6.03 Å². The molecule has 0 aliphatic heterocycles. The van der Waals surface area contributed by atoms with Crippen molar-refractivity contribution >= 4 is 21.8 Å². The first-order valence-electron chi connectivity index (χ1n) is 5.31. The van der Waals surface area contributed by atoms with Crippen LogP contribution in [0, 0.1) is 5.82 Å². The molecule has 0 bridgehead atoms. The van der Waals surface area contributed by atoms with E-state index in [1.165, 1.54) is 7.05 Å². The standard InChI is InChI=1S/C11H13FN2O4S/c1-7(10(15)14-11(16)13-2)19(17,18)9-5-3-8(12)4-6-9/h3-7H,1-2H3,(H2,13,14,15,16). The molecule has 1 aromatic rings. The van der Waals surface area contributed by atoms with Gasteiger partial charge in [0.25, 0.3) is 0 Å². The molecular formula is C11H13FN2O4S. The summed E-state index contributed by atoms with van der Waals surface area (Å²) in [7, 11) is -2.67. The predicted molar refractivity (Wildman–Crippen MR) is 65.6 cm³/mol. The summed E-state index contributed by atoms with van der Waals surface area (Å²) in [6, 6.07) is 3.29. The van der Waals surface area contributed by atoms with Gasteiger partial charge in [-0.05, 0) is 31.2 Å². The van der Waals surface area contributed by atoms with Gasteiger partial charge in [-0.25, -0.2) is 17.6 Å². The van der Waals surface area contributed by atoms with E-state index in [-0.39, 0.29) is 4.90 Å². The number of nitrogens with one attached hydrogen (secondary N) is 2. The maximum atomic E-state index is 12.7. The number of rotatable bonds is 3. The first-order valence-corrected chi connectivity index (χ1v) is 6.85. The largest absolute Gasteiger partial charge is 0.341 e. The van der Waals surface area contributed by atoms with Crippen molar-refractivity contribution < 1.29 is 22.4 Å². The molecule has 0 spiro atoms. The summed E-state index contributed by atoms with van der Waals surface area (Å²) < 4.78 is 36.8. The van der Waals surface area contributed by atoms with E-state index >= 15 is 0 Å². The van der Waals surface area contributed by atoms with Crippen LogP contribution in [0.1, 0.15) is 6.92 Å². The van der Waals surface area contributed by atoms with Crippen LogP contribution in [0.4, 0.5) is 9.18 Å². The molecule has 0 radical (unpaired) electrons. The fourth-order valence-corrected chi connectivity index (χ4v) is 2.51. The van der Waals surface area contributed by atoms with Crippen LogP contribution in [0.3, 0.4) is 0 Å². The predicted octanol–water partition coefficient (Wildman–Crippen LogP) is 0.443. The van der Waals surface area contributed by atoms with Crippen molar-refractivity contribution in [2.45, 2.75) is 17.1 Å². The van der Waals surface area contributed by atoms with Crippen molar-refractivity contribution in [1.82, 2.24) is 10.6 Å². The quantitative estimate of drug-likeness (QED) is 0.790. The van der Waals surface area contributed by atoms with Crippen LogP contribution >= 0.6 is 0 Å². The second-order valence-electron chi connectivity index (χ2n) is 3.71. The van der Waals surface area contributed by atoms with Gasteiger partial charge in [-0.3, -0.25) is 10.1 Å². The van der Waals surface area contributed by atoms with E-state index in [0.717, 1.165) is 31.2 Å². The number of halogens is 1. The zero-order valence-corrected chi connectivity index (χ0v) is 11.1. The van der Waals surface area contributed by atoms with Gasteiger partial charge in [-0.1, -0.05) is 0 Å². The number of hydrogen-bond acceptors (Lipinski definition) is 4. The number of hydrogen-bond donors (Lipinski definition) is 2. The second kappa shape index (κ2) is 5.79. The smallest absolute Gasteiger partial charge is 0.321 e. The Balaban J connectivity index is 2.97. The minimum absolute atomic E-state index is 0.187. The van der Waals surface area contributed by atoms with Crippen molar-refractivity contribution in [1.29, 1.82) is 0 Å². The number of amides is 3. The number of carbonyl (C=O) groups excluding carboxylic acids is 2. The lowest BCUT2D eigenvalue weighted by atomic mass is 10.3. The SMILES string of the molecule is CNC(=O)NC(=O)C(C)S(=O)(=O)c1ccc(F)cc1. The van der Waals surface area contributed by atoms with Gasteiger partial charge in [-0.15, -0.1) is 0 Å². The zero-order valence-electron chi connectivity index (χ0n) is 10.3. The van der Waals surface area contributed by atoms with E-state index in [1.54, 1.807) is 0 Å². The molecule has 2 N–H and O–H groups in total. The van der Waals surface area contributed by atoms with Gasteiger partial charge in [0.2, 0.25) is 5.91 Å². The molecule has 0 saturated heterocycles. The number of carbonyl (C=O) groups is 2. The summed E-state index contributed by atoms with van der Waals surface area (Å²) >= 11 is 0. The summed E-state index contributed by atoms with van der Waals surface area (Å²) in [6.07, 6.45) is 0. The average Bonchev–Trinajstić information content (AvgIpc) is 2.38. The average molecular weight is 288 g/mol. The molecule has 8 heteroatoms. The minimum Gasteiger partial charge on any atom is -0.341 e. The monoisotopic (exact) mass is 288 g/mol. The number of urea groups is 1. The zero-order chi connectivity index (χ0) is 14.6. The van der Waals surface area contributed by atoms with E-state index in [4.69, 9.17) is 0 Å². The van der Waals surface area contributed by atoms with Crippen LogP contribution in [0.15, 0.2) is 29.2 Å². The highest BCUT2D eigenvalue weighted by molar-refractivity contribution is 7.92. The van der Waals surface area contributed by atoms with E-state index in [2.05, 4.69) is 5.32 Å². The summed E-state index contributed by atoms with van der Waals surface area (Å²) in [5.41, 5.74) is 0. The minimum atomic E-state index is -3.97. The molecule has 19 heavy (non-hydrogen) atoms. The van der Waals surface area contributed by atoms with Gasteiger partial charge in [0, 0.05) is 7.05 Å². The maximum Gasteiger partial charge on any atom is 0.321 e.